The van der Waals surface area contributed by atoms with E-state index in [4.69, 9.17) is 4.74 Å². The number of carbonyl (C=O) groups is 3. The number of carbonyl (C=O) groups excluding carboxylic acids is 3. The van der Waals surface area contributed by atoms with Gasteiger partial charge < -0.3 is 19.9 Å². The summed E-state index contributed by atoms with van der Waals surface area (Å²) in [6.07, 6.45) is 1.27. The van der Waals surface area contributed by atoms with Crippen LogP contribution in [0.1, 0.15) is 45.6 Å². The minimum absolute atomic E-state index is 0.0129. The summed E-state index contributed by atoms with van der Waals surface area (Å²) in [5.74, 6) is -1.59. The van der Waals surface area contributed by atoms with Crippen LogP contribution in [-0.4, -0.2) is 81.5 Å². The number of fused-ring (bicyclic) bond motifs is 3. The lowest BCUT2D eigenvalue weighted by molar-refractivity contribution is -0.140. The summed E-state index contributed by atoms with van der Waals surface area (Å²) in [5.41, 5.74) is -0.387. The van der Waals surface area contributed by atoms with Crippen molar-refractivity contribution in [3.05, 3.63) is 35.4 Å². The Hall–Kier alpha value is -3.26. The molecule has 0 aromatic heterocycles. The molecule has 9 nitrogen and oxygen atoms in total. The summed E-state index contributed by atoms with van der Waals surface area (Å²) in [7, 11) is 0. The molecular weight excluding hydrogens is 484 g/mol. The van der Waals surface area contributed by atoms with Gasteiger partial charge in [0.25, 0.3) is 0 Å². The zero-order valence-corrected chi connectivity index (χ0v) is 21.1. The second-order valence-electron chi connectivity index (χ2n) is 11.5. The van der Waals surface area contributed by atoms with Crippen LogP contribution in [0.15, 0.2) is 18.2 Å². The average molecular weight is 516 g/mol. The molecule has 3 saturated heterocycles. The highest BCUT2D eigenvalue weighted by Crippen LogP contribution is 2.48. The number of ether oxygens (including phenoxy) is 1. The van der Waals surface area contributed by atoms with Crippen molar-refractivity contribution in [1.82, 2.24) is 20.0 Å². The monoisotopic (exact) mass is 515 g/mol. The van der Waals surface area contributed by atoms with E-state index in [2.05, 4.69) is 11.4 Å². The molecule has 1 saturated carbocycles. The van der Waals surface area contributed by atoms with Gasteiger partial charge in [0.1, 0.15) is 29.3 Å². The van der Waals surface area contributed by atoms with Crippen molar-refractivity contribution in [1.29, 1.82) is 5.26 Å². The second-order valence-corrected chi connectivity index (χ2v) is 11.5. The van der Waals surface area contributed by atoms with Gasteiger partial charge in [-0.25, -0.2) is 13.6 Å². The van der Waals surface area contributed by atoms with Crippen LogP contribution in [0.3, 0.4) is 0 Å². The van der Waals surface area contributed by atoms with Gasteiger partial charge >= 0.3 is 6.09 Å². The first-order valence-electron chi connectivity index (χ1n) is 12.6. The van der Waals surface area contributed by atoms with Gasteiger partial charge in [0.15, 0.2) is 0 Å². The molecule has 4 aliphatic rings. The molecule has 198 valence electrons. The third-order valence-corrected chi connectivity index (χ3v) is 7.58. The molecule has 2 unspecified atom stereocenters. The number of nitrogens with one attached hydrogen (secondary N) is 1. The number of benzene rings is 1. The summed E-state index contributed by atoms with van der Waals surface area (Å²) in [6.45, 7) is 5.83. The number of piperidine rings is 1. The molecule has 3 amide bonds. The lowest BCUT2D eigenvalue weighted by Gasteiger charge is -2.36. The van der Waals surface area contributed by atoms with Crippen LogP contribution in [0.25, 0.3) is 0 Å². The molecule has 4 fully saturated rings. The summed E-state index contributed by atoms with van der Waals surface area (Å²) < 4.78 is 32.7. The summed E-state index contributed by atoms with van der Waals surface area (Å²) in [4.78, 5) is 44.5. The summed E-state index contributed by atoms with van der Waals surface area (Å²) in [6, 6.07) is 3.24. The maximum atomic E-state index is 13.6. The maximum Gasteiger partial charge on any atom is 0.408 e. The number of alkyl carbamates (subject to hydrolysis) is 1. The molecule has 1 aromatic carbocycles. The fourth-order valence-corrected chi connectivity index (χ4v) is 5.98. The van der Waals surface area contributed by atoms with Crippen LogP contribution in [0.5, 0.6) is 0 Å². The number of hydrogen-bond donors (Lipinski definition) is 1. The van der Waals surface area contributed by atoms with Crippen LogP contribution >= 0.6 is 0 Å². The average Bonchev–Trinajstić information content (AvgIpc) is 3.13. The van der Waals surface area contributed by atoms with E-state index >= 15 is 0 Å². The molecule has 1 aliphatic carbocycles. The third kappa shape index (κ3) is 5.12. The minimum Gasteiger partial charge on any atom is -0.444 e. The first kappa shape index (κ1) is 25.4. The van der Waals surface area contributed by atoms with Crippen molar-refractivity contribution in [3.8, 4) is 6.07 Å². The highest BCUT2D eigenvalue weighted by molar-refractivity contribution is 5.88. The van der Waals surface area contributed by atoms with Gasteiger partial charge in [-0.1, -0.05) is 0 Å². The van der Waals surface area contributed by atoms with Gasteiger partial charge in [-0.2, -0.15) is 5.26 Å². The highest BCUT2D eigenvalue weighted by Gasteiger charge is 2.56. The smallest absolute Gasteiger partial charge is 0.408 e. The molecule has 1 aromatic rings. The number of rotatable bonds is 6. The first-order chi connectivity index (χ1) is 17.4. The quantitative estimate of drug-likeness (QED) is 0.623. The second kappa shape index (κ2) is 9.24. The van der Waals surface area contributed by atoms with Gasteiger partial charge in [0.2, 0.25) is 11.8 Å². The van der Waals surface area contributed by atoms with E-state index < -0.39 is 41.5 Å². The molecule has 1 N–H and O–H groups in total. The van der Waals surface area contributed by atoms with Crippen LogP contribution in [0, 0.1) is 28.9 Å². The Kier molecular flexibility index (Phi) is 6.34. The summed E-state index contributed by atoms with van der Waals surface area (Å²) >= 11 is 0. The number of nitriles is 1. The van der Waals surface area contributed by atoms with Gasteiger partial charge in [-0.3, -0.25) is 14.5 Å². The standard InChI is InChI=1S/C26H31F2N5O4/c1-26(2,3)37-25(36)30-20(23(34)33-18(10-29)6-15-7-21(15)33)13-31-12-19-9-22(31)24(35)32(19)11-14-4-16(27)8-17(28)5-14/h4-5,8,15,18-22H,6-7,9,11-13H2,1-3H3,(H,30,36)/t15-,18?,19+,20?,21+,22+/m1/s1. The van der Waals surface area contributed by atoms with E-state index in [0.717, 1.165) is 12.5 Å². The molecule has 6 atom stereocenters. The van der Waals surface area contributed by atoms with Gasteiger partial charge in [0, 0.05) is 37.8 Å². The molecule has 37 heavy (non-hydrogen) atoms. The molecular formula is C26H31F2N5O4. The molecule has 3 aliphatic heterocycles. The topological polar surface area (TPSA) is 106 Å². The van der Waals surface area contributed by atoms with Gasteiger partial charge in [-0.15, -0.1) is 0 Å². The fraction of sp³-hybridized carbons (Fsp3) is 0.615. The number of halogens is 2. The van der Waals surface area contributed by atoms with Crippen molar-refractivity contribution in [2.24, 2.45) is 5.92 Å². The fourth-order valence-electron chi connectivity index (χ4n) is 5.98. The normalized spacial score (nSPS) is 29.2. The number of nitrogens with zero attached hydrogens (tertiary/aromatic N) is 4. The highest BCUT2D eigenvalue weighted by atomic mass is 19.1. The predicted octanol–water partition coefficient (Wildman–Crippen LogP) is 2.16. The Morgan fingerprint density at radius 2 is 1.89 bits per heavy atom. The Morgan fingerprint density at radius 1 is 1.19 bits per heavy atom. The van der Waals surface area contributed by atoms with Gasteiger partial charge in [0.05, 0.1) is 12.1 Å². The molecule has 0 radical (unpaired) electrons. The number of amides is 3. The SMILES string of the molecule is CC(C)(C)OC(=O)NC(CN1C[C@@H]2C[C@H]1C(=O)N2Cc1cc(F)cc(F)c1)C(=O)N1C(C#N)C[C@@H]2C[C@@H]21. The zero-order valence-electron chi connectivity index (χ0n) is 21.1. The van der Waals surface area contributed by atoms with Crippen LogP contribution in [0.4, 0.5) is 13.6 Å². The predicted molar refractivity (Wildman–Crippen MR) is 127 cm³/mol. The van der Waals surface area contributed by atoms with Crippen LogP contribution < -0.4 is 5.32 Å². The number of likely N-dealkylation sites (tertiary alicyclic amines) is 3. The largest absolute Gasteiger partial charge is 0.444 e. The van der Waals surface area contributed by atoms with Crippen molar-refractivity contribution in [2.45, 2.75) is 82.4 Å². The lowest BCUT2D eigenvalue weighted by Crippen LogP contribution is -2.59. The minimum atomic E-state index is -0.983. The van der Waals surface area contributed by atoms with E-state index in [-0.39, 0.29) is 37.0 Å². The molecule has 5 rings (SSSR count). The van der Waals surface area contributed by atoms with E-state index in [0.29, 0.717) is 30.9 Å². The number of piperazine rings is 1. The molecule has 3 heterocycles. The van der Waals surface area contributed by atoms with Crippen molar-refractivity contribution in [2.75, 3.05) is 13.1 Å². The van der Waals surface area contributed by atoms with Crippen LogP contribution in [0.2, 0.25) is 0 Å². The van der Waals surface area contributed by atoms with Crippen molar-refractivity contribution < 1.29 is 27.9 Å². The Bertz CT molecular complexity index is 1140. The lowest BCUT2D eigenvalue weighted by atomic mass is 10.1. The van der Waals surface area contributed by atoms with Crippen molar-refractivity contribution >= 4 is 17.9 Å². The van der Waals surface area contributed by atoms with E-state index in [1.807, 2.05) is 4.90 Å². The van der Waals surface area contributed by atoms with E-state index in [1.54, 1.807) is 30.6 Å². The maximum absolute atomic E-state index is 13.6. The van der Waals surface area contributed by atoms with Crippen LogP contribution in [-0.2, 0) is 20.9 Å². The molecule has 2 bridgehead atoms. The summed E-state index contributed by atoms with van der Waals surface area (Å²) in [5, 5.41) is 12.3. The van der Waals surface area contributed by atoms with E-state index in [9.17, 15) is 28.4 Å². The molecule has 11 heteroatoms. The van der Waals surface area contributed by atoms with E-state index in [1.165, 1.54) is 12.1 Å². The Balaban J connectivity index is 1.29. The Labute approximate surface area is 214 Å². The molecule has 0 spiro atoms. The van der Waals surface area contributed by atoms with Crippen molar-refractivity contribution in [3.63, 3.8) is 0 Å². The number of hydrogen-bond acceptors (Lipinski definition) is 6. The van der Waals surface area contributed by atoms with Gasteiger partial charge in [-0.05, 0) is 63.6 Å². The zero-order chi connectivity index (χ0) is 26.6. The third-order valence-electron chi connectivity index (χ3n) is 7.58. The Morgan fingerprint density at radius 3 is 2.51 bits per heavy atom. The first-order valence-corrected chi connectivity index (χ1v) is 12.6.